The number of hydrogen-bond acceptors (Lipinski definition) is 3. The van der Waals surface area contributed by atoms with E-state index in [1.165, 1.54) is 6.07 Å². The summed E-state index contributed by atoms with van der Waals surface area (Å²) in [5.74, 6) is -1.04. The normalized spacial score (nSPS) is 16.3. The van der Waals surface area contributed by atoms with Gasteiger partial charge in [0.25, 0.3) is 0 Å². The van der Waals surface area contributed by atoms with Gasteiger partial charge in [-0.25, -0.2) is 13.2 Å². The predicted molar refractivity (Wildman–Crippen MR) is 129 cm³/mol. The van der Waals surface area contributed by atoms with Crippen LogP contribution in [0.3, 0.4) is 0 Å². The van der Waals surface area contributed by atoms with Crippen molar-refractivity contribution in [2.45, 2.75) is 23.5 Å². The maximum Gasteiger partial charge on any atom is 0.336 e. The van der Waals surface area contributed by atoms with E-state index >= 15 is 0 Å². The van der Waals surface area contributed by atoms with E-state index in [-0.39, 0.29) is 10.5 Å². The minimum Gasteiger partial charge on any atom is -0.478 e. The topological polar surface area (TPSA) is 71.4 Å². The van der Waals surface area contributed by atoms with Crippen LogP contribution in [0.2, 0.25) is 0 Å². The van der Waals surface area contributed by atoms with Crippen molar-refractivity contribution < 1.29 is 18.3 Å². The fraction of sp³-hybridized carbons (Fsp3) is 0.107. The molecule has 0 saturated carbocycles. The van der Waals surface area contributed by atoms with Gasteiger partial charge in [0.2, 0.25) is 0 Å². The van der Waals surface area contributed by atoms with Crippen LogP contribution < -0.4 is 0 Å². The van der Waals surface area contributed by atoms with Gasteiger partial charge in [-0.05, 0) is 64.9 Å². The summed E-state index contributed by atoms with van der Waals surface area (Å²) in [7, 11) is -3.62. The minimum atomic E-state index is -3.62. The average Bonchev–Trinajstić information content (AvgIpc) is 3.09. The number of fused-ring (bicyclic) bond motifs is 1. The van der Waals surface area contributed by atoms with Crippen LogP contribution in [0.4, 0.5) is 0 Å². The molecule has 0 saturated heterocycles. The van der Waals surface area contributed by atoms with E-state index in [9.17, 15) is 18.3 Å². The number of carboxylic acids is 1. The highest BCUT2D eigenvalue weighted by atomic mass is 32.2. The number of carboxylic acid groups (broad SMARTS) is 1. The number of hydrogen-bond donors (Lipinski definition) is 1. The molecular formula is C28H22O4S. The molecule has 0 aromatic heterocycles. The van der Waals surface area contributed by atoms with E-state index in [2.05, 4.69) is 6.07 Å². The molecule has 1 heterocycles. The molecule has 1 N–H and O–H groups in total. The lowest BCUT2D eigenvalue weighted by Crippen LogP contribution is -2.08. The summed E-state index contributed by atoms with van der Waals surface area (Å²) >= 11 is 0. The van der Waals surface area contributed by atoms with Crippen molar-refractivity contribution in [3.8, 4) is 22.3 Å². The monoisotopic (exact) mass is 454 g/mol. The summed E-state index contributed by atoms with van der Waals surface area (Å²) < 4.78 is 27.1. The van der Waals surface area contributed by atoms with E-state index in [0.717, 1.165) is 27.8 Å². The lowest BCUT2D eigenvalue weighted by Gasteiger charge is -2.12. The summed E-state index contributed by atoms with van der Waals surface area (Å²) in [4.78, 5) is 11.9. The molecule has 5 heteroatoms. The van der Waals surface area contributed by atoms with Gasteiger partial charge >= 0.3 is 5.97 Å². The van der Waals surface area contributed by atoms with E-state index in [1.54, 1.807) is 24.3 Å². The zero-order chi connectivity index (χ0) is 23.2. The summed E-state index contributed by atoms with van der Waals surface area (Å²) in [5, 5.41) is 8.87. The van der Waals surface area contributed by atoms with Crippen LogP contribution in [0.5, 0.6) is 0 Å². The Kier molecular flexibility index (Phi) is 5.14. The third kappa shape index (κ3) is 3.74. The molecule has 0 fully saturated rings. The highest BCUT2D eigenvalue weighted by molar-refractivity contribution is 7.92. The molecule has 0 aliphatic carbocycles. The van der Waals surface area contributed by atoms with Gasteiger partial charge in [-0.3, -0.25) is 0 Å². The second-order valence-corrected chi connectivity index (χ2v) is 10.5. The molecule has 1 aliphatic rings. The molecule has 0 amide bonds. The van der Waals surface area contributed by atoms with Gasteiger partial charge in [-0.1, -0.05) is 78.4 Å². The highest BCUT2D eigenvalue weighted by Crippen LogP contribution is 2.43. The molecule has 0 radical (unpaired) electrons. The number of benzene rings is 4. The molecule has 4 aromatic carbocycles. The summed E-state index contributed by atoms with van der Waals surface area (Å²) in [6.07, 6.45) is 0.399. The van der Waals surface area contributed by atoms with Gasteiger partial charge in [0, 0.05) is 0 Å². The van der Waals surface area contributed by atoms with Crippen molar-refractivity contribution in [2.24, 2.45) is 0 Å². The Morgan fingerprint density at radius 2 is 1.55 bits per heavy atom. The first kappa shape index (κ1) is 21.2. The fourth-order valence-corrected chi connectivity index (χ4v) is 6.60. The molecule has 1 unspecified atom stereocenters. The second-order valence-electron chi connectivity index (χ2n) is 8.41. The van der Waals surface area contributed by atoms with E-state index in [1.807, 2.05) is 61.5 Å². The summed E-state index contributed by atoms with van der Waals surface area (Å²) in [5.41, 5.74) is 5.95. The zero-order valence-electron chi connectivity index (χ0n) is 18.0. The first-order valence-electron chi connectivity index (χ1n) is 10.7. The van der Waals surface area contributed by atoms with Crippen LogP contribution in [0, 0.1) is 6.92 Å². The van der Waals surface area contributed by atoms with Crippen molar-refractivity contribution in [2.75, 3.05) is 0 Å². The molecule has 164 valence electrons. The van der Waals surface area contributed by atoms with Gasteiger partial charge in [0.05, 0.1) is 15.7 Å². The standard InChI is InChI=1S/C28H22O4S/c1-18-6-4-7-19(14-18)20-8-5-9-22(15-20)27-17-23-13-12-21(16-26(23)33(27,31)32)24-10-2-3-11-25(24)28(29)30/h2-16,27H,17H2,1H3,(H,29,30). The first-order valence-corrected chi connectivity index (χ1v) is 12.3. The van der Waals surface area contributed by atoms with Crippen LogP contribution in [0.15, 0.2) is 95.9 Å². The van der Waals surface area contributed by atoms with Crippen LogP contribution >= 0.6 is 0 Å². The van der Waals surface area contributed by atoms with Gasteiger partial charge in [-0.2, -0.15) is 0 Å². The zero-order valence-corrected chi connectivity index (χ0v) is 18.8. The Morgan fingerprint density at radius 1 is 0.818 bits per heavy atom. The average molecular weight is 455 g/mol. The Labute approximate surface area is 193 Å². The maximum atomic E-state index is 13.6. The van der Waals surface area contributed by atoms with Gasteiger partial charge < -0.3 is 5.11 Å². The predicted octanol–water partition coefficient (Wildman–Crippen LogP) is 6.10. The summed E-state index contributed by atoms with van der Waals surface area (Å²) in [6, 6.07) is 27.8. The quantitative estimate of drug-likeness (QED) is 0.405. The number of sulfone groups is 1. The lowest BCUT2D eigenvalue weighted by atomic mass is 9.96. The van der Waals surface area contributed by atoms with Crippen LogP contribution in [-0.4, -0.2) is 19.5 Å². The number of aryl methyl sites for hydroxylation is 1. The third-order valence-corrected chi connectivity index (χ3v) is 8.41. The Balaban J connectivity index is 1.55. The van der Waals surface area contributed by atoms with E-state index in [0.29, 0.717) is 17.5 Å². The molecule has 33 heavy (non-hydrogen) atoms. The molecule has 1 atom stereocenters. The lowest BCUT2D eigenvalue weighted by molar-refractivity contribution is 0.0697. The maximum absolute atomic E-state index is 13.6. The molecule has 1 aliphatic heterocycles. The Bertz CT molecular complexity index is 1500. The highest BCUT2D eigenvalue weighted by Gasteiger charge is 2.38. The van der Waals surface area contributed by atoms with Crippen LogP contribution in [-0.2, 0) is 16.3 Å². The SMILES string of the molecule is Cc1cccc(-c2cccc(C3Cc4ccc(-c5ccccc5C(=O)O)cc4S3(=O)=O)c2)c1. The number of rotatable bonds is 4. The second kappa shape index (κ2) is 8.01. The summed E-state index contributed by atoms with van der Waals surface area (Å²) in [6.45, 7) is 2.03. The van der Waals surface area contributed by atoms with Crippen molar-refractivity contribution in [1.29, 1.82) is 0 Å². The molecule has 5 rings (SSSR count). The van der Waals surface area contributed by atoms with E-state index in [4.69, 9.17) is 0 Å². The number of carbonyl (C=O) groups is 1. The Hall–Kier alpha value is -3.70. The largest absolute Gasteiger partial charge is 0.478 e. The molecule has 4 nitrogen and oxygen atoms in total. The first-order chi connectivity index (χ1) is 15.8. The molecular weight excluding hydrogens is 432 g/mol. The third-order valence-electron chi connectivity index (χ3n) is 6.23. The minimum absolute atomic E-state index is 0.148. The van der Waals surface area contributed by atoms with Gasteiger partial charge in [-0.15, -0.1) is 0 Å². The van der Waals surface area contributed by atoms with Crippen molar-refractivity contribution in [3.63, 3.8) is 0 Å². The Morgan fingerprint density at radius 3 is 2.30 bits per heavy atom. The molecule has 0 bridgehead atoms. The molecule has 4 aromatic rings. The van der Waals surface area contributed by atoms with Gasteiger partial charge in [0.15, 0.2) is 9.84 Å². The molecule has 0 spiro atoms. The number of aromatic carboxylic acids is 1. The van der Waals surface area contributed by atoms with E-state index < -0.39 is 21.1 Å². The van der Waals surface area contributed by atoms with Crippen molar-refractivity contribution in [3.05, 3.63) is 113 Å². The van der Waals surface area contributed by atoms with Crippen LogP contribution in [0.1, 0.15) is 32.3 Å². The van der Waals surface area contributed by atoms with Crippen LogP contribution in [0.25, 0.3) is 22.3 Å². The van der Waals surface area contributed by atoms with Gasteiger partial charge in [0.1, 0.15) is 0 Å². The van der Waals surface area contributed by atoms with Crippen molar-refractivity contribution >= 4 is 15.8 Å². The fourth-order valence-electron chi connectivity index (χ4n) is 4.58. The smallest absolute Gasteiger partial charge is 0.336 e. The van der Waals surface area contributed by atoms with Crippen molar-refractivity contribution in [1.82, 2.24) is 0 Å².